The van der Waals surface area contributed by atoms with Crippen molar-refractivity contribution in [2.75, 3.05) is 42.4 Å². The van der Waals surface area contributed by atoms with Crippen molar-refractivity contribution in [3.63, 3.8) is 0 Å². The van der Waals surface area contributed by atoms with Crippen molar-refractivity contribution in [3.8, 4) is 11.5 Å². The Kier molecular flexibility index (Phi) is 13.7. The van der Waals surface area contributed by atoms with Crippen LogP contribution in [0.5, 0.6) is 11.5 Å². The van der Waals surface area contributed by atoms with Gasteiger partial charge in [-0.05, 0) is 62.6 Å². The molecule has 0 fully saturated rings. The van der Waals surface area contributed by atoms with Gasteiger partial charge in [0, 0.05) is 39.4 Å². The Morgan fingerprint density at radius 2 is 1.28 bits per heavy atom. The molecule has 0 aliphatic rings. The molecule has 4 N–H and O–H groups in total. The van der Waals surface area contributed by atoms with Crippen LogP contribution in [0.3, 0.4) is 0 Å². The molecule has 176 valence electrons. The molecular weight excluding hydrogens is 416 g/mol. The lowest BCUT2D eigenvalue weighted by Gasteiger charge is -2.19. The van der Waals surface area contributed by atoms with E-state index in [2.05, 4.69) is 4.99 Å². The standard InChI is InChI=1S/C10H12N2O2.C7H7NO2.C5H13NO2/c1-12(2)7-11-10(14)8-3-5-9(13)6-4-8;8-7(10)5-1-3-6(9)4-2-5;1-6(2)5(7-3)8-4/h3-7,13H,1-2H3;1-4,9H,(H2,8,10);5H,1-4H3. The summed E-state index contributed by atoms with van der Waals surface area (Å²) in [5.41, 5.74) is 5.80. The summed E-state index contributed by atoms with van der Waals surface area (Å²) >= 11 is 0. The van der Waals surface area contributed by atoms with Crippen LogP contribution in [0.25, 0.3) is 0 Å². The van der Waals surface area contributed by atoms with Crippen molar-refractivity contribution in [1.82, 2.24) is 9.80 Å². The van der Waals surface area contributed by atoms with Crippen molar-refractivity contribution >= 4 is 18.2 Å². The van der Waals surface area contributed by atoms with Crippen LogP contribution in [0.4, 0.5) is 0 Å². The minimum atomic E-state index is -0.486. The molecule has 0 heterocycles. The molecule has 2 amide bonds. The van der Waals surface area contributed by atoms with Crippen LogP contribution in [0.2, 0.25) is 0 Å². The molecule has 0 aromatic heterocycles. The van der Waals surface area contributed by atoms with E-state index in [-0.39, 0.29) is 23.8 Å². The second kappa shape index (κ2) is 15.3. The van der Waals surface area contributed by atoms with E-state index in [1.807, 2.05) is 19.0 Å². The number of nitrogens with zero attached hydrogens (tertiary/aromatic N) is 3. The topological polar surface area (TPSA) is 138 Å². The molecule has 2 aromatic rings. The van der Waals surface area contributed by atoms with Gasteiger partial charge in [-0.3, -0.25) is 14.5 Å². The number of aliphatic imine (C=N–C) groups is 1. The van der Waals surface area contributed by atoms with Gasteiger partial charge in [-0.15, -0.1) is 0 Å². The monoisotopic (exact) mass is 448 g/mol. The summed E-state index contributed by atoms with van der Waals surface area (Å²) in [5, 5.41) is 17.8. The van der Waals surface area contributed by atoms with Gasteiger partial charge in [0.05, 0.1) is 6.34 Å². The highest BCUT2D eigenvalue weighted by Crippen LogP contribution is 2.10. The predicted molar refractivity (Wildman–Crippen MR) is 123 cm³/mol. The molecule has 0 bridgehead atoms. The second-order valence-corrected chi connectivity index (χ2v) is 6.71. The summed E-state index contributed by atoms with van der Waals surface area (Å²) in [6, 6.07) is 11.8. The smallest absolute Gasteiger partial charge is 0.278 e. The molecular formula is C22H32N4O6. The number of phenols is 2. The van der Waals surface area contributed by atoms with Crippen LogP contribution < -0.4 is 5.73 Å². The van der Waals surface area contributed by atoms with Gasteiger partial charge in [0.15, 0.2) is 0 Å². The maximum Gasteiger partial charge on any atom is 0.278 e. The third kappa shape index (κ3) is 12.3. The molecule has 2 aromatic carbocycles. The second-order valence-electron chi connectivity index (χ2n) is 6.71. The van der Waals surface area contributed by atoms with E-state index in [1.165, 1.54) is 54.9 Å². The molecule has 10 heteroatoms. The Morgan fingerprint density at radius 1 is 0.875 bits per heavy atom. The van der Waals surface area contributed by atoms with E-state index >= 15 is 0 Å². The Morgan fingerprint density at radius 3 is 1.56 bits per heavy atom. The van der Waals surface area contributed by atoms with Crippen molar-refractivity contribution < 1.29 is 29.3 Å². The van der Waals surface area contributed by atoms with Crippen LogP contribution in [0.1, 0.15) is 20.7 Å². The lowest BCUT2D eigenvalue weighted by atomic mass is 10.2. The first-order chi connectivity index (χ1) is 15.0. The van der Waals surface area contributed by atoms with Crippen molar-refractivity contribution in [3.05, 3.63) is 59.7 Å². The minimum absolute atomic E-state index is 0.130. The van der Waals surface area contributed by atoms with E-state index < -0.39 is 5.91 Å². The third-order valence-electron chi connectivity index (χ3n) is 3.50. The van der Waals surface area contributed by atoms with Gasteiger partial charge in [-0.25, -0.2) is 0 Å². The fraction of sp³-hybridized carbons (Fsp3) is 0.318. The lowest BCUT2D eigenvalue weighted by Crippen LogP contribution is -2.30. The Hall–Kier alpha value is -3.47. The Bertz CT molecular complexity index is 833. The van der Waals surface area contributed by atoms with Gasteiger partial charge >= 0.3 is 0 Å². The first kappa shape index (κ1) is 28.5. The maximum absolute atomic E-state index is 11.4. The number of primary amides is 1. The average molecular weight is 449 g/mol. The van der Waals surface area contributed by atoms with Crippen LogP contribution in [0.15, 0.2) is 53.5 Å². The summed E-state index contributed by atoms with van der Waals surface area (Å²) in [5.74, 6) is -0.540. The normalized spacial score (nSPS) is 10.2. The highest BCUT2D eigenvalue weighted by Gasteiger charge is 2.04. The quantitative estimate of drug-likeness (QED) is 0.345. The van der Waals surface area contributed by atoms with Gasteiger partial charge < -0.3 is 30.3 Å². The van der Waals surface area contributed by atoms with Gasteiger partial charge in [0.25, 0.3) is 5.91 Å². The number of rotatable bonds is 6. The van der Waals surface area contributed by atoms with Crippen LogP contribution in [-0.2, 0) is 9.47 Å². The highest BCUT2D eigenvalue weighted by atomic mass is 16.7. The molecule has 0 saturated heterocycles. The number of carbonyl (C=O) groups excluding carboxylic acids is 2. The first-order valence-corrected chi connectivity index (χ1v) is 9.36. The van der Waals surface area contributed by atoms with Crippen LogP contribution in [0, 0.1) is 0 Å². The van der Waals surface area contributed by atoms with E-state index in [9.17, 15) is 9.59 Å². The molecule has 0 spiro atoms. The van der Waals surface area contributed by atoms with Crippen molar-refractivity contribution in [2.24, 2.45) is 10.7 Å². The fourth-order valence-electron chi connectivity index (χ4n) is 1.99. The summed E-state index contributed by atoms with van der Waals surface area (Å²) in [7, 11) is 10.6. The zero-order chi connectivity index (χ0) is 24.7. The van der Waals surface area contributed by atoms with Gasteiger partial charge in [-0.1, -0.05) is 0 Å². The molecule has 0 aliphatic carbocycles. The van der Waals surface area contributed by atoms with E-state index in [1.54, 1.807) is 33.2 Å². The number of hydrogen-bond donors (Lipinski definition) is 3. The molecule has 10 nitrogen and oxygen atoms in total. The summed E-state index contributed by atoms with van der Waals surface area (Å²) in [4.78, 5) is 29.0. The van der Waals surface area contributed by atoms with Gasteiger partial charge in [0.2, 0.25) is 12.3 Å². The molecule has 32 heavy (non-hydrogen) atoms. The summed E-state index contributed by atoms with van der Waals surface area (Å²) in [6.07, 6.45) is 1.23. The molecule has 0 unspecified atom stereocenters. The first-order valence-electron chi connectivity index (χ1n) is 9.36. The highest BCUT2D eigenvalue weighted by molar-refractivity contribution is 5.98. The Balaban J connectivity index is 0.000000472. The van der Waals surface area contributed by atoms with E-state index in [0.717, 1.165) is 0 Å². The predicted octanol–water partition coefficient (Wildman–Crippen LogP) is 1.74. The van der Waals surface area contributed by atoms with E-state index in [0.29, 0.717) is 11.1 Å². The van der Waals surface area contributed by atoms with E-state index in [4.69, 9.17) is 25.4 Å². The summed E-state index contributed by atoms with van der Waals surface area (Å²) < 4.78 is 9.73. The van der Waals surface area contributed by atoms with Gasteiger partial charge in [-0.2, -0.15) is 4.99 Å². The number of ether oxygens (including phenoxy) is 2. The van der Waals surface area contributed by atoms with Crippen LogP contribution in [-0.4, -0.2) is 87.0 Å². The molecule has 0 radical (unpaired) electrons. The number of methoxy groups -OCH3 is 2. The zero-order valence-corrected chi connectivity index (χ0v) is 19.2. The molecule has 0 aliphatic heterocycles. The van der Waals surface area contributed by atoms with Crippen molar-refractivity contribution in [2.45, 2.75) is 6.41 Å². The number of nitrogens with two attached hydrogens (primary N) is 1. The number of carbonyl (C=O) groups is 2. The van der Waals surface area contributed by atoms with Crippen molar-refractivity contribution in [1.29, 1.82) is 0 Å². The maximum atomic E-state index is 11.4. The number of aromatic hydroxyl groups is 2. The molecule has 0 atom stereocenters. The molecule has 2 rings (SSSR count). The third-order valence-corrected chi connectivity index (χ3v) is 3.50. The lowest BCUT2D eigenvalue weighted by molar-refractivity contribution is -0.179. The van der Waals surface area contributed by atoms with Gasteiger partial charge in [0.1, 0.15) is 11.5 Å². The SMILES string of the molecule is CN(C)C=NC(=O)c1ccc(O)cc1.COC(OC)N(C)C.NC(=O)c1ccc(O)cc1. The minimum Gasteiger partial charge on any atom is -0.508 e. The fourth-order valence-corrected chi connectivity index (χ4v) is 1.99. The zero-order valence-electron chi connectivity index (χ0n) is 19.2. The average Bonchev–Trinajstić information content (AvgIpc) is 2.74. The largest absolute Gasteiger partial charge is 0.508 e. The van der Waals surface area contributed by atoms with Crippen LogP contribution >= 0.6 is 0 Å². The number of hydrogen-bond acceptors (Lipinski definition) is 7. The summed E-state index contributed by atoms with van der Waals surface area (Å²) in [6.45, 7) is 0. The number of phenolic OH excluding ortho intramolecular Hbond substituents is 2. The Labute approximate surface area is 188 Å². The number of benzene rings is 2. The number of amides is 2. The molecule has 0 saturated carbocycles.